The number of nitrogens with one attached hydrogen (secondary N) is 2. The van der Waals surface area contributed by atoms with Crippen molar-refractivity contribution in [3.05, 3.63) is 50.6 Å². The number of hydrogen-bond donors (Lipinski definition) is 2. The normalized spacial score (nSPS) is 10.1. The zero-order chi connectivity index (χ0) is 13.0. The minimum Gasteiger partial charge on any atom is -0.387 e. The van der Waals surface area contributed by atoms with Gasteiger partial charge in [0.05, 0.1) is 12.1 Å². The molecule has 0 spiro atoms. The summed E-state index contributed by atoms with van der Waals surface area (Å²) in [5.41, 5.74) is 1.50. The molecule has 0 aliphatic carbocycles. The van der Waals surface area contributed by atoms with Crippen LogP contribution < -0.4 is 10.6 Å². The van der Waals surface area contributed by atoms with Gasteiger partial charge < -0.3 is 10.6 Å². The molecular weight excluding hydrogens is 312 g/mol. The highest BCUT2D eigenvalue weighted by Crippen LogP contribution is 2.20. The lowest BCUT2D eigenvalue weighted by Gasteiger charge is -2.08. The van der Waals surface area contributed by atoms with E-state index in [2.05, 4.69) is 26.6 Å². The maximum atomic E-state index is 12.0. The first-order valence-electron chi connectivity index (χ1n) is 5.48. The van der Waals surface area contributed by atoms with Crippen molar-refractivity contribution in [2.24, 2.45) is 0 Å². The second-order valence-corrected chi connectivity index (χ2v) is 5.62. The minimum absolute atomic E-state index is 0.0653. The fourth-order valence-electron chi connectivity index (χ4n) is 1.61. The van der Waals surface area contributed by atoms with E-state index < -0.39 is 0 Å². The molecule has 0 fully saturated rings. The molecule has 5 heteroatoms. The number of rotatable bonds is 4. The Hall–Kier alpha value is -1.33. The van der Waals surface area contributed by atoms with Crippen LogP contribution in [0.5, 0.6) is 0 Å². The van der Waals surface area contributed by atoms with Gasteiger partial charge in [-0.2, -0.15) is 0 Å². The zero-order valence-corrected chi connectivity index (χ0v) is 12.3. The van der Waals surface area contributed by atoms with E-state index in [1.807, 2.05) is 42.8 Å². The van der Waals surface area contributed by atoms with E-state index in [4.69, 9.17) is 0 Å². The predicted molar refractivity (Wildman–Crippen MR) is 79.2 cm³/mol. The van der Waals surface area contributed by atoms with Crippen LogP contribution in [0.4, 0.5) is 5.69 Å². The van der Waals surface area contributed by atoms with Crippen LogP contribution in [-0.2, 0) is 6.54 Å². The van der Waals surface area contributed by atoms with Crippen molar-refractivity contribution in [2.75, 3.05) is 12.4 Å². The lowest BCUT2D eigenvalue weighted by Crippen LogP contribution is -2.23. The molecule has 0 saturated heterocycles. The molecule has 2 N–H and O–H groups in total. The molecule has 0 radical (unpaired) electrons. The Bertz CT molecular complexity index is 553. The maximum absolute atomic E-state index is 12.0. The lowest BCUT2D eigenvalue weighted by molar-refractivity contribution is 0.0952. The first-order chi connectivity index (χ1) is 8.70. The van der Waals surface area contributed by atoms with Crippen molar-refractivity contribution >= 4 is 38.9 Å². The van der Waals surface area contributed by atoms with E-state index in [9.17, 15) is 4.79 Å². The van der Waals surface area contributed by atoms with Crippen LogP contribution >= 0.6 is 27.3 Å². The van der Waals surface area contributed by atoms with Gasteiger partial charge in [0, 0.05) is 27.5 Å². The quantitative estimate of drug-likeness (QED) is 0.904. The molecule has 0 unspecified atom stereocenters. The van der Waals surface area contributed by atoms with Crippen LogP contribution in [0, 0.1) is 0 Å². The van der Waals surface area contributed by atoms with E-state index in [1.165, 1.54) is 0 Å². The summed E-state index contributed by atoms with van der Waals surface area (Å²) in [6.45, 7) is 0.549. The van der Waals surface area contributed by atoms with E-state index >= 15 is 0 Å². The van der Waals surface area contributed by atoms with Gasteiger partial charge in [0.25, 0.3) is 5.91 Å². The fourth-order valence-corrected chi connectivity index (χ4v) is 3.00. The second kappa shape index (κ2) is 6.02. The third-order valence-corrected chi connectivity index (χ3v) is 4.18. The lowest BCUT2D eigenvalue weighted by atomic mass is 10.1. The molecule has 2 aromatic rings. The molecular formula is C13H13BrN2OS. The number of thiophene rings is 1. The number of benzene rings is 1. The number of para-hydroxylation sites is 1. The Morgan fingerprint density at radius 2 is 2.17 bits per heavy atom. The number of amides is 1. The molecule has 0 aliphatic heterocycles. The van der Waals surface area contributed by atoms with Gasteiger partial charge in [-0.1, -0.05) is 12.1 Å². The summed E-state index contributed by atoms with van der Waals surface area (Å²) < 4.78 is 1.05. The highest BCUT2D eigenvalue weighted by atomic mass is 79.9. The topological polar surface area (TPSA) is 41.1 Å². The average Bonchev–Trinajstić information content (AvgIpc) is 2.81. The van der Waals surface area contributed by atoms with Crippen molar-refractivity contribution in [3.8, 4) is 0 Å². The van der Waals surface area contributed by atoms with Gasteiger partial charge in [0.1, 0.15) is 0 Å². The van der Waals surface area contributed by atoms with Crippen molar-refractivity contribution in [1.29, 1.82) is 0 Å². The van der Waals surface area contributed by atoms with Crippen molar-refractivity contribution < 1.29 is 4.79 Å². The summed E-state index contributed by atoms with van der Waals surface area (Å²) in [7, 11) is 1.81. The smallest absolute Gasteiger partial charge is 0.253 e. The fraction of sp³-hybridized carbons (Fsp3) is 0.154. The van der Waals surface area contributed by atoms with E-state index in [0.29, 0.717) is 12.1 Å². The van der Waals surface area contributed by atoms with Crippen LogP contribution in [0.25, 0.3) is 0 Å². The zero-order valence-electron chi connectivity index (χ0n) is 9.87. The molecule has 94 valence electrons. The Labute approximate surface area is 118 Å². The molecule has 0 aliphatic rings. The summed E-state index contributed by atoms with van der Waals surface area (Å²) in [5, 5.41) is 7.93. The van der Waals surface area contributed by atoms with Crippen LogP contribution in [0.15, 0.2) is 40.2 Å². The standard InChI is InChI=1S/C13H13BrN2OS/c1-15-12-5-3-2-4-11(12)13(17)16-7-10-6-9(14)8-18-10/h2-6,8,15H,7H2,1H3,(H,16,17). The van der Waals surface area contributed by atoms with E-state index in [0.717, 1.165) is 15.0 Å². The first-order valence-corrected chi connectivity index (χ1v) is 7.16. The van der Waals surface area contributed by atoms with Gasteiger partial charge >= 0.3 is 0 Å². The van der Waals surface area contributed by atoms with Gasteiger partial charge in [0.15, 0.2) is 0 Å². The minimum atomic E-state index is -0.0653. The molecule has 1 heterocycles. The van der Waals surface area contributed by atoms with Gasteiger partial charge in [-0.3, -0.25) is 4.79 Å². The monoisotopic (exact) mass is 324 g/mol. The van der Waals surface area contributed by atoms with Crippen molar-refractivity contribution in [1.82, 2.24) is 5.32 Å². The summed E-state index contributed by atoms with van der Waals surface area (Å²) in [6, 6.07) is 9.47. The molecule has 18 heavy (non-hydrogen) atoms. The van der Waals surface area contributed by atoms with Crippen molar-refractivity contribution in [2.45, 2.75) is 6.54 Å². The summed E-state index contributed by atoms with van der Waals surface area (Å²) in [6.07, 6.45) is 0. The average molecular weight is 325 g/mol. The molecule has 0 bridgehead atoms. The first kappa shape index (κ1) is 13.1. The van der Waals surface area contributed by atoms with E-state index in [1.54, 1.807) is 11.3 Å². The largest absolute Gasteiger partial charge is 0.387 e. The Morgan fingerprint density at radius 3 is 2.83 bits per heavy atom. The third-order valence-electron chi connectivity index (χ3n) is 2.49. The summed E-state index contributed by atoms with van der Waals surface area (Å²) in [4.78, 5) is 13.2. The number of anilines is 1. The Balaban J connectivity index is 2.03. The Kier molecular flexibility index (Phi) is 4.38. The number of carbonyl (C=O) groups is 1. The highest BCUT2D eigenvalue weighted by Gasteiger charge is 2.09. The molecule has 1 aromatic heterocycles. The Morgan fingerprint density at radius 1 is 1.39 bits per heavy atom. The molecule has 1 amide bonds. The molecule has 1 aromatic carbocycles. The van der Waals surface area contributed by atoms with Gasteiger partial charge in [-0.25, -0.2) is 0 Å². The van der Waals surface area contributed by atoms with Crippen LogP contribution in [0.1, 0.15) is 15.2 Å². The third kappa shape index (κ3) is 3.11. The number of hydrogen-bond acceptors (Lipinski definition) is 3. The molecule has 0 atom stereocenters. The van der Waals surface area contributed by atoms with Gasteiger partial charge in [-0.05, 0) is 34.1 Å². The van der Waals surface area contributed by atoms with Crippen LogP contribution in [-0.4, -0.2) is 13.0 Å². The second-order valence-electron chi connectivity index (χ2n) is 3.71. The van der Waals surface area contributed by atoms with E-state index in [-0.39, 0.29) is 5.91 Å². The van der Waals surface area contributed by atoms with Gasteiger partial charge in [-0.15, -0.1) is 11.3 Å². The van der Waals surface area contributed by atoms with Crippen LogP contribution in [0.3, 0.4) is 0 Å². The summed E-state index contributed by atoms with van der Waals surface area (Å²) in [5.74, 6) is -0.0653. The molecule has 2 rings (SSSR count). The number of carbonyl (C=O) groups excluding carboxylic acids is 1. The van der Waals surface area contributed by atoms with Crippen LogP contribution in [0.2, 0.25) is 0 Å². The SMILES string of the molecule is CNc1ccccc1C(=O)NCc1cc(Br)cs1. The maximum Gasteiger partial charge on any atom is 0.253 e. The number of halogens is 1. The van der Waals surface area contributed by atoms with Crippen molar-refractivity contribution in [3.63, 3.8) is 0 Å². The summed E-state index contributed by atoms with van der Waals surface area (Å²) >= 11 is 5.01. The molecule has 0 saturated carbocycles. The highest BCUT2D eigenvalue weighted by molar-refractivity contribution is 9.10. The van der Waals surface area contributed by atoms with Gasteiger partial charge in [0.2, 0.25) is 0 Å². The predicted octanol–water partition coefficient (Wildman–Crippen LogP) is 3.48. The molecule has 3 nitrogen and oxygen atoms in total.